The van der Waals surface area contributed by atoms with Crippen molar-refractivity contribution in [1.29, 1.82) is 0 Å². The monoisotopic (exact) mass is 458 g/mol. The fraction of sp³-hybridized carbons (Fsp3) is 0.407. The number of amides is 2. The molecule has 3 heterocycles. The first-order valence-corrected chi connectivity index (χ1v) is 12.0. The molecule has 0 bridgehead atoms. The Bertz CT molecular complexity index is 1140. The second kappa shape index (κ2) is 9.41. The summed E-state index contributed by atoms with van der Waals surface area (Å²) in [6.07, 6.45) is 2.43. The number of rotatable bonds is 5. The van der Waals surface area contributed by atoms with Gasteiger partial charge in [-0.05, 0) is 24.0 Å². The van der Waals surface area contributed by atoms with Crippen LogP contribution in [0, 0.1) is 12.3 Å². The van der Waals surface area contributed by atoms with Gasteiger partial charge in [-0.1, -0.05) is 60.7 Å². The molecule has 176 valence electrons. The molecule has 7 nitrogen and oxygen atoms in total. The molecule has 1 atom stereocenters. The largest absolute Gasteiger partial charge is 0.425 e. The third-order valence-electron chi connectivity index (χ3n) is 7.35. The van der Waals surface area contributed by atoms with E-state index in [1.807, 2.05) is 70.5 Å². The van der Waals surface area contributed by atoms with Crippen molar-refractivity contribution in [2.45, 2.75) is 38.5 Å². The Balaban J connectivity index is 1.30. The van der Waals surface area contributed by atoms with Gasteiger partial charge in [-0.15, -0.1) is 10.2 Å². The average molecular weight is 459 g/mol. The number of hydrogen-bond donors (Lipinski definition) is 0. The van der Waals surface area contributed by atoms with Gasteiger partial charge in [-0.25, -0.2) is 0 Å². The Labute approximate surface area is 199 Å². The number of aryl methyl sites for hydroxylation is 1. The first-order chi connectivity index (χ1) is 16.5. The van der Waals surface area contributed by atoms with E-state index in [9.17, 15) is 9.59 Å². The standard InChI is InChI=1S/C27H30N4O3/c1-20-28-29-26(34-20)23-18-31(25(33)17-22-10-6-3-7-11-22)19-27(23)12-14-30(15-13-27)24(32)16-21-8-4-2-5-9-21/h2-11,23H,12-19H2,1H3. The second-order valence-electron chi connectivity index (χ2n) is 9.55. The van der Waals surface area contributed by atoms with Crippen molar-refractivity contribution in [2.75, 3.05) is 26.2 Å². The van der Waals surface area contributed by atoms with E-state index < -0.39 is 0 Å². The van der Waals surface area contributed by atoms with Crippen LogP contribution in [0.3, 0.4) is 0 Å². The lowest BCUT2D eigenvalue weighted by atomic mass is 9.70. The summed E-state index contributed by atoms with van der Waals surface area (Å²) in [6.45, 7) is 4.38. The lowest BCUT2D eigenvalue weighted by Gasteiger charge is -2.41. The van der Waals surface area contributed by atoms with Crippen LogP contribution in [0.2, 0.25) is 0 Å². The van der Waals surface area contributed by atoms with Gasteiger partial charge in [-0.3, -0.25) is 9.59 Å². The lowest BCUT2D eigenvalue weighted by molar-refractivity contribution is -0.134. The lowest BCUT2D eigenvalue weighted by Crippen LogP contribution is -2.46. The van der Waals surface area contributed by atoms with E-state index in [0.717, 1.165) is 24.0 Å². The van der Waals surface area contributed by atoms with Crippen LogP contribution in [0.25, 0.3) is 0 Å². The molecule has 2 aliphatic rings. The van der Waals surface area contributed by atoms with E-state index in [2.05, 4.69) is 10.2 Å². The molecule has 0 aliphatic carbocycles. The van der Waals surface area contributed by atoms with Crippen molar-refractivity contribution < 1.29 is 14.0 Å². The second-order valence-corrected chi connectivity index (χ2v) is 9.55. The van der Waals surface area contributed by atoms with E-state index in [0.29, 0.717) is 50.8 Å². The molecular formula is C27H30N4O3. The van der Waals surface area contributed by atoms with Crippen LogP contribution in [-0.2, 0) is 22.4 Å². The number of aromatic nitrogens is 2. The van der Waals surface area contributed by atoms with E-state index in [-0.39, 0.29) is 23.1 Å². The number of likely N-dealkylation sites (tertiary alicyclic amines) is 2. The number of benzene rings is 2. The molecule has 7 heteroatoms. The molecule has 2 aromatic carbocycles. The fourth-order valence-electron chi connectivity index (χ4n) is 5.42. The summed E-state index contributed by atoms with van der Waals surface area (Å²) in [5, 5.41) is 8.38. The van der Waals surface area contributed by atoms with Gasteiger partial charge in [0.2, 0.25) is 23.6 Å². The Morgan fingerprint density at radius 3 is 1.97 bits per heavy atom. The molecule has 0 radical (unpaired) electrons. The molecule has 3 aromatic rings. The summed E-state index contributed by atoms with van der Waals surface area (Å²) >= 11 is 0. The molecule has 2 fully saturated rings. The molecule has 2 aliphatic heterocycles. The van der Waals surface area contributed by atoms with Gasteiger partial charge in [0, 0.05) is 38.5 Å². The molecule has 5 rings (SSSR count). The summed E-state index contributed by atoms with van der Waals surface area (Å²) in [5.74, 6) is 1.40. The molecule has 1 spiro atoms. The van der Waals surface area contributed by atoms with Crippen LogP contribution < -0.4 is 0 Å². The normalized spacial score (nSPS) is 19.5. The SMILES string of the molecule is Cc1nnc(C2CN(C(=O)Cc3ccccc3)CC23CCN(C(=O)Cc2ccccc2)CC3)o1. The molecule has 34 heavy (non-hydrogen) atoms. The predicted octanol–water partition coefficient (Wildman–Crippen LogP) is 3.40. The summed E-state index contributed by atoms with van der Waals surface area (Å²) < 4.78 is 5.85. The van der Waals surface area contributed by atoms with Gasteiger partial charge in [0.15, 0.2) is 0 Å². The number of piperidine rings is 1. The van der Waals surface area contributed by atoms with E-state index in [1.165, 1.54) is 0 Å². The number of carbonyl (C=O) groups excluding carboxylic acids is 2. The Morgan fingerprint density at radius 2 is 1.44 bits per heavy atom. The van der Waals surface area contributed by atoms with E-state index in [1.54, 1.807) is 6.92 Å². The Morgan fingerprint density at radius 1 is 0.882 bits per heavy atom. The van der Waals surface area contributed by atoms with E-state index in [4.69, 9.17) is 4.42 Å². The van der Waals surface area contributed by atoms with Crippen LogP contribution in [-0.4, -0.2) is 58.0 Å². The van der Waals surface area contributed by atoms with E-state index >= 15 is 0 Å². The van der Waals surface area contributed by atoms with Crippen molar-refractivity contribution in [1.82, 2.24) is 20.0 Å². The number of nitrogens with zero attached hydrogens (tertiary/aromatic N) is 4. The molecule has 0 N–H and O–H groups in total. The summed E-state index contributed by atoms with van der Waals surface area (Å²) in [6, 6.07) is 19.7. The number of hydrogen-bond acceptors (Lipinski definition) is 5. The molecule has 1 unspecified atom stereocenters. The average Bonchev–Trinajstić information content (AvgIpc) is 3.44. The third kappa shape index (κ3) is 4.60. The highest BCUT2D eigenvalue weighted by atomic mass is 16.4. The molecular weight excluding hydrogens is 428 g/mol. The molecule has 2 saturated heterocycles. The molecule has 1 aromatic heterocycles. The van der Waals surface area contributed by atoms with Crippen LogP contribution >= 0.6 is 0 Å². The van der Waals surface area contributed by atoms with Crippen LogP contribution in [0.15, 0.2) is 65.1 Å². The highest BCUT2D eigenvalue weighted by Gasteiger charge is 2.52. The minimum Gasteiger partial charge on any atom is -0.425 e. The fourth-order valence-corrected chi connectivity index (χ4v) is 5.42. The Kier molecular flexibility index (Phi) is 6.18. The molecule has 2 amide bonds. The van der Waals surface area contributed by atoms with Gasteiger partial charge < -0.3 is 14.2 Å². The maximum Gasteiger partial charge on any atom is 0.227 e. The summed E-state index contributed by atoms with van der Waals surface area (Å²) in [7, 11) is 0. The van der Waals surface area contributed by atoms with Gasteiger partial charge >= 0.3 is 0 Å². The zero-order valence-electron chi connectivity index (χ0n) is 19.5. The first-order valence-electron chi connectivity index (χ1n) is 12.0. The van der Waals surface area contributed by atoms with Gasteiger partial charge in [-0.2, -0.15) is 0 Å². The minimum atomic E-state index is -0.158. The maximum absolute atomic E-state index is 13.2. The van der Waals surface area contributed by atoms with Crippen molar-refractivity contribution in [3.05, 3.63) is 83.6 Å². The maximum atomic E-state index is 13.2. The smallest absolute Gasteiger partial charge is 0.227 e. The minimum absolute atomic E-state index is 0.0141. The van der Waals surface area contributed by atoms with Gasteiger partial charge in [0.1, 0.15) is 0 Å². The van der Waals surface area contributed by atoms with Crippen LogP contribution in [0.4, 0.5) is 0 Å². The van der Waals surface area contributed by atoms with Crippen LogP contribution in [0.1, 0.15) is 41.7 Å². The van der Waals surface area contributed by atoms with Crippen LogP contribution in [0.5, 0.6) is 0 Å². The first kappa shape index (κ1) is 22.3. The van der Waals surface area contributed by atoms with Gasteiger partial charge in [0.05, 0.1) is 18.8 Å². The highest BCUT2D eigenvalue weighted by Crippen LogP contribution is 2.49. The van der Waals surface area contributed by atoms with Crippen molar-refractivity contribution >= 4 is 11.8 Å². The quantitative estimate of drug-likeness (QED) is 0.586. The predicted molar refractivity (Wildman–Crippen MR) is 127 cm³/mol. The summed E-state index contributed by atoms with van der Waals surface area (Å²) in [4.78, 5) is 30.0. The number of carbonyl (C=O) groups is 2. The van der Waals surface area contributed by atoms with Crippen molar-refractivity contribution in [3.63, 3.8) is 0 Å². The van der Waals surface area contributed by atoms with Gasteiger partial charge in [0.25, 0.3) is 0 Å². The molecule has 0 saturated carbocycles. The third-order valence-corrected chi connectivity index (χ3v) is 7.35. The zero-order chi connectivity index (χ0) is 23.5. The summed E-state index contributed by atoms with van der Waals surface area (Å²) in [5.41, 5.74) is 1.89. The van der Waals surface area contributed by atoms with Crippen molar-refractivity contribution in [2.24, 2.45) is 5.41 Å². The van der Waals surface area contributed by atoms with Crippen molar-refractivity contribution in [3.8, 4) is 0 Å². The zero-order valence-corrected chi connectivity index (χ0v) is 19.5. The topological polar surface area (TPSA) is 79.5 Å². The Hall–Kier alpha value is -3.48. The highest BCUT2D eigenvalue weighted by molar-refractivity contribution is 5.80.